The molecule has 0 unspecified atom stereocenters. The number of rotatable bonds is 9. The number of nitrogens with one attached hydrogen (secondary N) is 1. The summed E-state index contributed by atoms with van der Waals surface area (Å²) in [6, 6.07) is 26.4. The van der Waals surface area contributed by atoms with E-state index in [0.717, 1.165) is 24.3 Å². The zero-order chi connectivity index (χ0) is 23.7. The van der Waals surface area contributed by atoms with E-state index in [1.165, 1.54) is 11.1 Å². The van der Waals surface area contributed by atoms with Gasteiger partial charge in [0.15, 0.2) is 6.61 Å². The Morgan fingerprint density at radius 2 is 1.64 bits per heavy atom. The van der Waals surface area contributed by atoms with Crippen LogP contribution in [0.4, 0.5) is 5.69 Å². The van der Waals surface area contributed by atoms with Crippen molar-refractivity contribution in [2.75, 3.05) is 18.1 Å². The second-order valence-electron chi connectivity index (χ2n) is 8.95. The molecule has 3 aromatic carbocycles. The van der Waals surface area contributed by atoms with Crippen LogP contribution in [0.15, 0.2) is 84.0 Å². The Balaban J connectivity index is 1.47. The van der Waals surface area contributed by atoms with Crippen LogP contribution in [0, 0.1) is 0 Å². The van der Waals surface area contributed by atoms with Gasteiger partial charge in [-0.15, -0.1) is 0 Å². The van der Waals surface area contributed by atoms with E-state index in [-0.39, 0.29) is 17.9 Å². The lowest BCUT2D eigenvalue weighted by Gasteiger charge is -2.23. The van der Waals surface area contributed by atoms with Crippen LogP contribution in [0.2, 0.25) is 0 Å². The maximum Gasteiger partial charge on any atom is 0.277 e. The maximum absolute atomic E-state index is 12.0. The minimum absolute atomic E-state index is 0.0829. The van der Waals surface area contributed by atoms with E-state index < -0.39 is 0 Å². The fraction of sp³-hybridized carbons (Fsp3) is 0.286. The third-order valence-electron chi connectivity index (χ3n) is 5.35. The Hall–Kier alpha value is -3.60. The Morgan fingerprint density at radius 1 is 0.970 bits per heavy atom. The van der Waals surface area contributed by atoms with Crippen LogP contribution in [0.1, 0.15) is 44.4 Å². The Labute approximate surface area is 197 Å². The lowest BCUT2D eigenvalue weighted by atomic mass is 9.87. The van der Waals surface area contributed by atoms with Gasteiger partial charge >= 0.3 is 0 Å². The monoisotopic (exact) mass is 443 g/mol. The van der Waals surface area contributed by atoms with E-state index in [0.29, 0.717) is 5.75 Å². The number of hydrogen-bond donors (Lipinski definition) is 1. The Bertz CT molecular complexity index is 1040. The van der Waals surface area contributed by atoms with E-state index >= 15 is 0 Å². The van der Waals surface area contributed by atoms with E-state index in [1.807, 2.05) is 42.5 Å². The number of benzene rings is 3. The largest absolute Gasteiger partial charge is 0.484 e. The fourth-order valence-electron chi connectivity index (χ4n) is 3.37. The molecule has 33 heavy (non-hydrogen) atoms. The summed E-state index contributed by atoms with van der Waals surface area (Å²) in [5.74, 6) is 0.358. The van der Waals surface area contributed by atoms with Gasteiger partial charge < -0.3 is 9.64 Å². The SMILES string of the molecule is CCN(Cc1ccccc1)c1ccc(/C=N\NC(=O)COc2ccc(C(C)(C)C)cc2)cc1. The minimum Gasteiger partial charge on any atom is -0.484 e. The molecule has 0 aliphatic heterocycles. The lowest BCUT2D eigenvalue weighted by molar-refractivity contribution is -0.123. The first kappa shape index (κ1) is 24.1. The first-order valence-corrected chi connectivity index (χ1v) is 11.3. The number of carbonyl (C=O) groups is 1. The van der Waals surface area contributed by atoms with E-state index in [9.17, 15) is 4.79 Å². The molecule has 172 valence electrons. The van der Waals surface area contributed by atoms with Crippen molar-refractivity contribution in [1.29, 1.82) is 0 Å². The molecule has 0 atom stereocenters. The molecular formula is C28H33N3O2. The molecular weight excluding hydrogens is 410 g/mol. The zero-order valence-electron chi connectivity index (χ0n) is 19.9. The number of ether oxygens (including phenoxy) is 1. The topological polar surface area (TPSA) is 53.9 Å². The van der Waals surface area contributed by atoms with Crippen molar-refractivity contribution in [2.45, 2.75) is 39.7 Å². The number of amides is 1. The van der Waals surface area contributed by atoms with Crippen molar-refractivity contribution in [2.24, 2.45) is 5.10 Å². The predicted molar refractivity (Wildman–Crippen MR) is 136 cm³/mol. The van der Waals surface area contributed by atoms with Gasteiger partial charge in [-0.25, -0.2) is 5.43 Å². The zero-order valence-corrected chi connectivity index (χ0v) is 19.9. The molecule has 0 radical (unpaired) electrons. The third kappa shape index (κ3) is 7.49. The van der Waals surface area contributed by atoms with Crippen molar-refractivity contribution < 1.29 is 9.53 Å². The molecule has 1 N–H and O–H groups in total. The number of nitrogens with zero attached hydrogens (tertiary/aromatic N) is 2. The molecule has 3 aromatic rings. The summed E-state index contributed by atoms with van der Waals surface area (Å²) in [6.07, 6.45) is 1.63. The van der Waals surface area contributed by atoms with Crippen LogP contribution in [-0.2, 0) is 16.8 Å². The number of hydrazone groups is 1. The summed E-state index contributed by atoms with van der Waals surface area (Å²) in [4.78, 5) is 14.3. The highest BCUT2D eigenvalue weighted by molar-refractivity contribution is 5.83. The highest BCUT2D eigenvalue weighted by Crippen LogP contribution is 2.24. The first-order chi connectivity index (χ1) is 15.8. The van der Waals surface area contributed by atoms with Crippen LogP contribution in [0.3, 0.4) is 0 Å². The number of carbonyl (C=O) groups excluding carboxylic acids is 1. The fourth-order valence-corrected chi connectivity index (χ4v) is 3.37. The maximum atomic E-state index is 12.0. The van der Waals surface area contributed by atoms with Crippen molar-refractivity contribution in [3.8, 4) is 5.75 Å². The van der Waals surface area contributed by atoms with Crippen LogP contribution in [0.5, 0.6) is 5.75 Å². The average molecular weight is 444 g/mol. The molecule has 0 aliphatic carbocycles. The van der Waals surface area contributed by atoms with Crippen LogP contribution in [-0.4, -0.2) is 25.3 Å². The molecule has 1 amide bonds. The Kier molecular flexibility index (Phi) is 8.25. The summed E-state index contributed by atoms with van der Waals surface area (Å²) >= 11 is 0. The standard InChI is InChI=1S/C28H33N3O2/c1-5-31(20-23-9-7-6-8-10-23)25-15-11-22(12-16-25)19-29-30-27(32)21-33-26-17-13-24(14-18-26)28(2,3)4/h6-19H,5,20-21H2,1-4H3,(H,30,32)/b29-19-. The summed E-state index contributed by atoms with van der Waals surface area (Å²) < 4.78 is 5.55. The average Bonchev–Trinajstić information content (AvgIpc) is 2.82. The van der Waals surface area contributed by atoms with Gasteiger partial charge in [-0.2, -0.15) is 5.10 Å². The highest BCUT2D eigenvalue weighted by atomic mass is 16.5. The molecule has 0 saturated carbocycles. The smallest absolute Gasteiger partial charge is 0.277 e. The van der Waals surface area contributed by atoms with Crippen LogP contribution < -0.4 is 15.1 Å². The minimum atomic E-state index is -0.303. The van der Waals surface area contributed by atoms with Gasteiger partial charge in [0.25, 0.3) is 5.91 Å². The second kappa shape index (κ2) is 11.3. The number of hydrogen-bond acceptors (Lipinski definition) is 4. The molecule has 0 bridgehead atoms. The molecule has 0 spiro atoms. The quantitative estimate of drug-likeness (QED) is 0.349. The van der Waals surface area contributed by atoms with Gasteiger partial charge in [0.05, 0.1) is 6.21 Å². The molecule has 0 aromatic heterocycles. The second-order valence-corrected chi connectivity index (χ2v) is 8.95. The molecule has 5 heteroatoms. The predicted octanol–water partition coefficient (Wildman–Crippen LogP) is 5.54. The molecule has 0 heterocycles. The summed E-state index contributed by atoms with van der Waals surface area (Å²) in [7, 11) is 0. The van der Waals surface area contributed by atoms with Crippen molar-refractivity contribution in [3.63, 3.8) is 0 Å². The molecule has 0 fully saturated rings. The summed E-state index contributed by atoms with van der Waals surface area (Å²) in [6.45, 7) is 10.3. The summed E-state index contributed by atoms with van der Waals surface area (Å²) in [5, 5.41) is 4.04. The van der Waals surface area contributed by atoms with Gasteiger partial charge in [-0.3, -0.25) is 4.79 Å². The third-order valence-corrected chi connectivity index (χ3v) is 5.35. The van der Waals surface area contributed by atoms with Crippen molar-refractivity contribution in [3.05, 3.63) is 95.6 Å². The lowest BCUT2D eigenvalue weighted by Crippen LogP contribution is -2.24. The van der Waals surface area contributed by atoms with Gasteiger partial charge in [0.2, 0.25) is 0 Å². The summed E-state index contributed by atoms with van der Waals surface area (Å²) in [5.41, 5.74) is 7.15. The molecule has 0 saturated heterocycles. The van der Waals surface area contributed by atoms with Gasteiger partial charge in [-0.1, -0.05) is 75.4 Å². The highest BCUT2D eigenvalue weighted by Gasteiger charge is 2.13. The Morgan fingerprint density at radius 3 is 2.24 bits per heavy atom. The van der Waals surface area contributed by atoms with Gasteiger partial charge in [-0.05, 0) is 53.3 Å². The molecule has 0 aliphatic rings. The normalized spacial score (nSPS) is 11.4. The van der Waals surface area contributed by atoms with Gasteiger partial charge in [0.1, 0.15) is 5.75 Å². The van der Waals surface area contributed by atoms with Crippen LogP contribution >= 0.6 is 0 Å². The van der Waals surface area contributed by atoms with E-state index in [2.05, 4.69) is 79.5 Å². The van der Waals surface area contributed by atoms with Crippen molar-refractivity contribution >= 4 is 17.8 Å². The van der Waals surface area contributed by atoms with Crippen LogP contribution in [0.25, 0.3) is 0 Å². The number of anilines is 1. The van der Waals surface area contributed by atoms with E-state index in [4.69, 9.17) is 4.74 Å². The first-order valence-electron chi connectivity index (χ1n) is 11.3. The molecule has 5 nitrogen and oxygen atoms in total. The van der Waals surface area contributed by atoms with E-state index in [1.54, 1.807) is 6.21 Å². The molecule has 3 rings (SSSR count). The van der Waals surface area contributed by atoms with Gasteiger partial charge in [0, 0.05) is 18.8 Å². The van der Waals surface area contributed by atoms with Crippen molar-refractivity contribution in [1.82, 2.24) is 5.43 Å².